The molecule has 0 aromatic carbocycles. The Morgan fingerprint density at radius 1 is 1.13 bits per heavy atom. The second-order valence-corrected chi connectivity index (χ2v) is 5.72. The van der Waals surface area contributed by atoms with Crippen LogP contribution >= 0.6 is 0 Å². The van der Waals surface area contributed by atoms with Crippen molar-refractivity contribution in [3.8, 4) is 0 Å². The monoisotopic (exact) mass is 211 g/mol. The minimum absolute atomic E-state index is 0.0914. The number of rotatable bonds is 4. The second kappa shape index (κ2) is 4.84. The van der Waals surface area contributed by atoms with Crippen molar-refractivity contribution in [3.05, 3.63) is 0 Å². The maximum Gasteiger partial charge on any atom is 0.0692 e. The van der Waals surface area contributed by atoms with Gasteiger partial charge in [0.15, 0.2) is 0 Å². The molecular weight excluding hydrogens is 186 g/mol. The van der Waals surface area contributed by atoms with Gasteiger partial charge in [0.05, 0.1) is 6.10 Å². The third kappa shape index (κ3) is 2.94. The van der Waals surface area contributed by atoms with Gasteiger partial charge in [-0.1, -0.05) is 20.3 Å². The van der Waals surface area contributed by atoms with Crippen LogP contribution in [0.15, 0.2) is 0 Å². The molecule has 2 aliphatic carbocycles. The fourth-order valence-corrected chi connectivity index (χ4v) is 2.99. The quantitative estimate of drug-likeness (QED) is 0.747. The Labute approximate surface area is 93.5 Å². The van der Waals surface area contributed by atoms with Crippen LogP contribution in [0, 0.1) is 17.8 Å². The van der Waals surface area contributed by atoms with Crippen LogP contribution in [-0.4, -0.2) is 23.8 Å². The first-order valence-electron chi connectivity index (χ1n) is 6.60. The highest BCUT2D eigenvalue weighted by atomic mass is 16.3. The molecule has 2 aliphatic rings. The van der Waals surface area contributed by atoms with E-state index in [1.165, 1.54) is 32.1 Å². The fourth-order valence-electron chi connectivity index (χ4n) is 2.99. The number of nitrogens with one attached hydrogen (secondary N) is 1. The van der Waals surface area contributed by atoms with Gasteiger partial charge in [0.25, 0.3) is 0 Å². The molecular formula is C13H25NO. The second-order valence-electron chi connectivity index (χ2n) is 5.72. The van der Waals surface area contributed by atoms with Crippen molar-refractivity contribution < 1.29 is 5.11 Å². The van der Waals surface area contributed by atoms with Crippen LogP contribution in [0.1, 0.15) is 46.0 Å². The molecule has 0 aromatic rings. The van der Waals surface area contributed by atoms with Gasteiger partial charge >= 0.3 is 0 Å². The first kappa shape index (κ1) is 11.4. The largest absolute Gasteiger partial charge is 0.392 e. The van der Waals surface area contributed by atoms with E-state index in [-0.39, 0.29) is 6.10 Å². The lowest BCUT2D eigenvalue weighted by Crippen LogP contribution is -2.46. The highest BCUT2D eigenvalue weighted by Crippen LogP contribution is 2.33. The SMILES string of the molecule is CC1CCCC(C)C1NCC(O)C1CC1. The Morgan fingerprint density at radius 3 is 2.27 bits per heavy atom. The van der Waals surface area contributed by atoms with Crippen LogP contribution in [0.5, 0.6) is 0 Å². The predicted molar refractivity (Wildman–Crippen MR) is 62.7 cm³/mol. The zero-order valence-electron chi connectivity index (χ0n) is 10.1. The van der Waals surface area contributed by atoms with Crippen LogP contribution in [0.25, 0.3) is 0 Å². The first-order valence-corrected chi connectivity index (χ1v) is 6.60. The summed E-state index contributed by atoms with van der Waals surface area (Å²) < 4.78 is 0. The van der Waals surface area contributed by atoms with Gasteiger partial charge in [0.2, 0.25) is 0 Å². The van der Waals surface area contributed by atoms with Crippen molar-refractivity contribution in [2.45, 2.75) is 58.1 Å². The van der Waals surface area contributed by atoms with Gasteiger partial charge in [-0.2, -0.15) is 0 Å². The maximum absolute atomic E-state index is 9.83. The van der Waals surface area contributed by atoms with Gasteiger partial charge in [-0.15, -0.1) is 0 Å². The van der Waals surface area contributed by atoms with E-state index in [1.807, 2.05) is 0 Å². The first-order chi connectivity index (χ1) is 7.18. The summed E-state index contributed by atoms with van der Waals surface area (Å²) in [6.07, 6.45) is 6.46. The Kier molecular flexibility index (Phi) is 3.68. The van der Waals surface area contributed by atoms with E-state index in [0.717, 1.165) is 18.4 Å². The molecule has 2 N–H and O–H groups in total. The van der Waals surface area contributed by atoms with Crippen molar-refractivity contribution in [1.82, 2.24) is 5.32 Å². The summed E-state index contributed by atoms with van der Waals surface area (Å²) in [5.41, 5.74) is 0. The third-order valence-corrected chi connectivity index (χ3v) is 4.27. The molecule has 2 nitrogen and oxygen atoms in total. The molecule has 2 heteroatoms. The number of hydrogen-bond donors (Lipinski definition) is 2. The Balaban J connectivity index is 1.75. The van der Waals surface area contributed by atoms with Crippen LogP contribution < -0.4 is 5.32 Å². The molecule has 2 saturated carbocycles. The lowest BCUT2D eigenvalue weighted by atomic mass is 9.78. The van der Waals surface area contributed by atoms with E-state index in [0.29, 0.717) is 12.0 Å². The maximum atomic E-state index is 9.83. The zero-order valence-corrected chi connectivity index (χ0v) is 10.1. The average molecular weight is 211 g/mol. The standard InChI is InChI=1S/C13H25NO/c1-9-4-3-5-10(2)13(9)14-8-12(15)11-6-7-11/h9-15H,3-8H2,1-2H3. The fraction of sp³-hybridized carbons (Fsp3) is 1.00. The van der Waals surface area contributed by atoms with E-state index in [1.54, 1.807) is 0 Å². The molecule has 0 amide bonds. The highest BCUT2D eigenvalue weighted by molar-refractivity contribution is 4.87. The van der Waals surface area contributed by atoms with Crippen LogP contribution in [0.4, 0.5) is 0 Å². The van der Waals surface area contributed by atoms with Crippen molar-refractivity contribution >= 4 is 0 Å². The summed E-state index contributed by atoms with van der Waals surface area (Å²) in [5.74, 6) is 2.16. The smallest absolute Gasteiger partial charge is 0.0692 e. The zero-order chi connectivity index (χ0) is 10.8. The van der Waals surface area contributed by atoms with E-state index in [4.69, 9.17) is 0 Å². The summed E-state index contributed by atoms with van der Waals surface area (Å²) in [4.78, 5) is 0. The molecule has 88 valence electrons. The van der Waals surface area contributed by atoms with E-state index in [9.17, 15) is 5.11 Å². The summed E-state index contributed by atoms with van der Waals surface area (Å²) in [5, 5.41) is 13.4. The molecule has 0 heterocycles. The molecule has 0 spiro atoms. The molecule has 15 heavy (non-hydrogen) atoms. The molecule has 0 bridgehead atoms. The Morgan fingerprint density at radius 2 is 1.73 bits per heavy atom. The molecule has 3 unspecified atom stereocenters. The lowest BCUT2D eigenvalue weighted by Gasteiger charge is -2.36. The topological polar surface area (TPSA) is 32.3 Å². The third-order valence-electron chi connectivity index (χ3n) is 4.27. The average Bonchev–Trinajstić information content (AvgIpc) is 2.99. The molecule has 0 aromatic heterocycles. The van der Waals surface area contributed by atoms with Crippen molar-refractivity contribution in [2.24, 2.45) is 17.8 Å². The summed E-state index contributed by atoms with van der Waals surface area (Å²) in [6, 6.07) is 0.632. The van der Waals surface area contributed by atoms with Gasteiger partial charge in [-0.3, -0.25) is 0 Å². The normalized spacial score (nSPS) is 39.0. The lowest BCUT2D eigenvalue weighted by molar-refractivity contribution is 0.124. The van der Waals surface area contributed by atoms with Crippen molar-refractivity contribution in [3.63, 3.8) is 0 Å². The van der Waals surface area contributed by atoms with Crippen molar-refractivity contribution in [2.75, 3.05) is 6.54 Å². The molecule has 2 rings (SSSR count). The molecule has 0 aliphatic heterocycles. The molecule has 3 atom stereocenters. The number of aliphatic hydroxyl groups is 1. The summed E-state index contributed by atoms with van der Waals surface area (Å²) in [7, 11) is 0. The van der Waals surface area contributed by atoms with Crippen LogP contribution in [0.3, 0.4) is 0 Å². The van der Waals surface area contributed by atoms with E-state index >= 15 is 0 Å². The minimum Gasteiger partial charge on any atom is -0.392 e. The van der Waals surface area contributed by atoms with E-state index in [2.05, 4.69) is 19.2 Å². The Hall–Kier alpha value is -0.0800. The van der Waals surface area contributed by atoms with Crippen LogP contribution in [-0.2, 0) is 0 Å². The summed E-state index contributed by atoms with van der Waals surface area (Å²) >= 11 is 0. The predicted octanol–water partition coefficient (Wildman–Crippen LogP) is 2.17. The number of hydrogen-bond acceptors (Lipinski definition) is 2. The van der Waals surface area contributed by atoms with Gasteiger partial charge in [0, 0.05) is 12.6 Å². The van der Waals surface area contributed by atoms with Gasteiger partial charge in [-0.25, -0.2) is 0 Å². The van der Waals surface area contributed by atoms with Gasteiger partial charge in [-0.05, 0) is 43.4 Å². The Bertz CT molecular complexity index is 193. The van der Waals surface area contributed by atoms with Crippen LogP contribution in [0.2, 0.25) is 0 Å². The molecule has 0 radical (unpaired) electrons. The van der Waals surface area contributed by atoms with Gasteiger partial charge in [0.1, 0.15) is 0 Å². The van der Waals surface area contributed by atoms with E-state index < -0.39 is 0 Å². The number of aliphatic hydroxyl groups excluding tert-OH is 1. The van der Waals surface area contributed by atoms with Gasteiger partial charge < -0.3 is 10.4 Å². The highest BCUT2D eigenvalue weighted by Gasteiger charge is 2.32. The minimum atomic E-state index is -0.0914. The molecule has 2 fully saturated rings. The molecule has 0 saturated heterocycles. The summed E-state index contributed by atoms with van der Waals surface area (Å²) in [6.45, 7) is 5.50. The van der Waals surface area contributed by atoms with Crippen molar-refractivity contribution in [1.29, 1.82) is 0 Å².